The van der Waals surface area contributed by atoms with Crippen molar-refractivity contribution in [1.82, 2.24) is 9.78 Å². The maximum absolute atomic E-state index is 4.44. The van der Waals surface area contributed by atoms with Crippen LogP contribution in [-0.4, -0.2) is 16.8 Å². The predicted octanol–water partition coefficient (Wildman–Crippen LogP) is 3.74. The second kappa shape index (κ2) is 5.37. The topological polar surface area (TPSA) is 21.1 Å². The fourth-order valence-electron chi connectivity index (χ4n) is 2.40. The van der Waals surface area contributed by atoms with Crippen molar-refractivity contribution in [2.45, 2.75) is 27.3 Å². The molecule has 0 aliphatic carbocycles. The second-order valence-corrected chi connectivity index (χ2v) is 5.91. The van der Waals surface area contributed by atoms with Crippen LogP contribution in [0.4, 0.5) is 5.69 Å². The van der Waals surface area contributed by atoms with Crippen molar-refractivity contribution >= 4 is 21.6 Å². The number of halogens is 1. The number of hydrogen-bond donors (Lipinski definition) is 0. The summed E-state index contributed by atoms with van der Waals surface area (Å²) in [6, 6.07) is 6.56. The second-order valence-electron chi connectivity index (χ2n) is 5.12. The molecule has 0 aliphatic heterocycles. The first kappa shape index (κ1) is 14.1. The van der Waals surface area contributed by atoms with Gasteiger partial charge < -0.3 is 4.90 Å². The maximum atomic E-state index is 4.44. The lowest BCUT2D eigenvalue weighted by Crippen LogP contribution is -2.19. The van der Waals surface area contributed by atoms with E-state index in [1.54, 1.807) is 0 Å². The van der Waals surface area contributed by atoms with Gasteiger partial charge in [0.15, 0.2) is 0 Å². The molecule has 0 saturated carbocycles. The van der Waals surface area contributed by atoms with E-state index in [4.69, 9.17) is 0 Å². The molecule has 0 fully saturated rings. The Morgan fingerprint density at radius 1 is 1.26 bits per heavy atom. The van der Waals surface area contributed by atoms with Gasteiger partial charge in [0.05, 0.1) is 22.4 Å². The van der Waals surface area contributed by atoms with Gasteiger partial charge in [-0.15, -0.1) is 0 Å². The lowest BCUT2D eigenvalue weighted by molar-refractivity contribution is 0.692. The lowest BCUT2D eigenvalue weighted by Gasteiger charge is -2.22. The van der Waals surface area contributed by atoms with Gasteiger partial charge in [-0.2, -0.15) is 5.10 Å². The molecule has 1 heterocycles. The van der Waals surface area contributed by atoms with Crippen LogP contribution >= 0.6 is 15.9 Å². The number of aryl methyl sites for hydroxylation is 4. The van der Waals surface area contributed by atoms with Gasteiger partial charge in [0.2, 0.25) is 0 Å². The molecule has 1 aromatic carbocycles. The molecular weight excluding hydrogens is 302 g/mol. The molecule has 0 amide bonds. The highest BCUT2D eigenvalue weighted by Crippen LogP contribution is 2.25. The van der Waals surface area contributed by atoms with E-state index in [2.05, 4.69) is 65.0 Å². The Morgan fingerprint density at radius 2 is 1.95 bits per heavy atom. The number of nitrogens with zero attached hydrogens (tertiary/aromatic N) is 3. The third-order valence-electron chi connectivity index (χ3n) is 3.41. The van der Waals surface area contributed by atoms with Crippen molar-refractivity contribution in [3.05, 3.63) is 45.2 Å². The van der Waals surface area contributed by atoms with Crippen molar-refractivity contribution < 1.29 is 0 Å². The number of anilines is 1. The zero-order chi connectivity index (χ0) is 14.2. The van der Waals surface area contributed by atoms with Crippen molar-refractivity contribution in [1.29, 1.82) is 0 Å². The van der Waals surface area contributed by atoms with Crippen LogP contribution in [0, 0.1) is 20.8 Å². The summed E-state index contributed by atoms with van der Waals surface area (Å²) in [6.07, 6.45) is 0. The lowest BCUT2D eigenvalue weighted by atomic mass is 10.1. The summed E-state index contributed by atoms with van der Waals surface area (Å²) in [5.74, 6) is 0. The minimum atomic E-state index is 0.835. The van der Waals surface area contributed by atoms with Gasteiger partial charge in [0.1, 0.15) is 0 Å². The summed E-state index contributed by atoms with van der Waals surface area (Å²) in [7, 11) is 4.11. The first-order valence-corrected chi connectivity index (χ1v) is 7.16. The number of hydrogen-bond acceptors (Lipinski definition) is 2. The predicted molar refractivity (Wildman–Crippen MR) is 83.7 cm³/mol. The molecule has 0 aliphatic rings. The SMILES string of the molecule is Cc1ccc(N(C)Cc2c(Br)c(C)nn2C)c(C)c1. The summed E-state index contributed by atoms with van der Waals surface area (Å²) in [5, 5.41) is 4.44. The third-order valence-corrected chi connectivity index (χ3v) is 4.44. The molecule has 0 saturated heterocycles. The van der Waals surface area contributed by atoms with Crippen LogP contribution in [0.2, 0.25) is 0 Å². The van der Waals surface area contributed by atoms with E-state index < -0.39 is 0 Å². The monoisotopic (exact) mass is 321 g/mol. The minimum absolute atomic E-state index is 0.835. The molecule has 0 radical (unpaired) electrons. The van der Waals surface area contributed by atoms with Crippen LogP contribution in [0.15, 0.2) is 22.7 Å². The van der Waals surface area contributed by atoms with Gasteiger partial charge >= 0.3 is 0 Å². The Balaban J connectivity index is 2.28. The largest absolute Gasteiger partial charge is 0.368 e. The van der Waals surface area contributed by atoms with Gasteiger partial charge in [0.25, 0.3) is 0 Å². The van der Waals surface area contributed by atoms with E-state index in [9.17, 15) is 0 Å². The van der Waals surface area contributed by atoms with E-state index in [0.29, 0.717) is 0 Å². The van der Waals surface area contributed by atoms with Crippen LogP contribution in [0.5, 0.6) is 0 Å². The van der Waals surface area contributed by atoms with E-state index in [-0.39, 0.29) is 0 Å². The highest BCUT2D eigenvalue weighted by Gasteiger charge is 2.13. The zero-order valence-corrected chi connectivity index (χ0v) is 13.7. The summed E-state index contributed by atoms with van der Waals surface area (Å²) >= 11 is 3.62. The number of rotatable bonds is 3. The van der Waals surface area contributed by atoms with Crippen LogP contribution in [0.1, 0.15) is 22.5 Å². The molecule has 1 aromatic heterocycles. The van der Waals surface area contributed by atoms with Crippen molar-refractivity contribution in [3.63, 3.8) is 0 Å². The van der Waals surface area contributed by atoms with Crippen molar-refractivity contribution in [2.24, 2.45) is 7.05 Å². The van der Waals surface area contributed by atoms with Crippen molar-refractivity contribution in [3.8, 4) is 0 Å². The molecule has 0 spiro atoms. The molecular formula is C15H20BrN3. The molecule has 0 bridgehead atoms. The standard InChI is InChI=1S/C15H20BrN3/c1-10-6-7-13(11(2)8-10)18(4)9-14-15(16)12(3)17-19(14)5/h6-8H,9H2,1-5H3. The quantitative estimate of drug-likeness (QED) is 0.858. The third kappa shape index (κ3) is 2.84. The maximum Gasteiger partial charge on any atom is 0.0739 e. The Hall–Kier alpha value is -1.29. The van der Waals surface area contributed by atoms with Crippen LogP contribution in [0.3, 0.4) is 0 Å². The molecule has 2 rings (SSSR count). The average Bonchev–Trinajstić information content (AvgIpc) is 2.56. The van der Waals surface area contributed by atoms with Gasteiger partial charge in [0, 0.05) is 19.8 Å². The summed E-state index contributed by atoms with van der Waals surface area (Å²) in [4.78, 5) is 2.26. The molecule has 0 N–H and O–H groups in total. The van der Waals surface area contributed by atoms with Crippen LogP contribution in [-0.2, 0) is 13.6 Å². The van der Waals surface area contributed by atoms with E-state index >= 15 is 0 Å². The molecule has 0 unspecified atom stereocenters. The van der Waals surface area contributed by atoms with Gasteiger partial charge in [-0.25, -0.2) is 0 Å². The Labute approximate surface area is 123 Å². The van der Waals surface area contributed by atoms with E-state index in [0.717, 1.165) is 16.7 Å². The molecule has 3 nitrogen and oxygen atoms in total. The van der Waals surface area contributed by atoms with Crippen molar-refractivity contribution in [2.75, 3.05) is 11.9 Å². The Kier molecular flexibility index (Phi) is 3.99. The van der Waals surface area contributed by atoms with Crippen LogP contribution < -0.4 is 4.90 Å². The molecule has 19 heavy (non-hydrogen) atoms. The van der Waals surface area contributed by atoms with Gasteiger partial charge in [-0.3, -0.25) is 4.68 Å². The summed E-state index contributed by atoms with van der Waals surface area (Å²) < 4.78 is 3.05. The first-order valence-electron chi connectivity index (χ1n) is 6.36. The molecule has 102 valence electrons. The summed E-state index contributed by atoms with van der Waals surface area (Å²) in [6.45, 7) is 7.13. The Bertz CT molecular complexity index is 602. The van der Waals surface area contributed by atoms with Gasteiger partial charge in [-0.05, 0) is 48.3 Å². The Morgan fingerprint density at radius 3 is 2.47 bits per heavy atom. The van der Waals surface area contributed by atoms with Crippen LogP contribution in [0.25, 0.3) is 0 Å². The highest BCUT2D eigenvalue weighted by molar-refractivity contribution is 9.10. The fourth-order valence-corrected chi connectivity index (χ4v) is 2.86. The number of aromatic nitrogens is 2. The molecule has 0 atom stereocenters. The summed E-state index contributed by atoms with van der Waals surface area (Å²) in [5.41, 5.74) is 6.09. The molecule has 2 aromatic rings. The number of benzene rings is 1. The smallest absolute Gasteiger partial charge is 0.0739 e. The van der Waals surface area contributed by atoms with E-state index in [1.807, 2.05) is 18.7 Å². The molecule has 4 heteroatoms. The zero-order valence-electron chi connectivity index (χ0n) is 12.2. The minimum Gasteiger partial charge on any atom is -0.368 e. The highest BCUT2D eigenvalue weighted by atomic mass is 79.9. The fraction of sp³-hybridized carbons (Fsp3) is 0.400. The van der Waals surface area contributed by atoms with Gasteiger partial charge in [-0.1, -0.05) is 17.7 Å². The average molecular weight is 322 g/mol. The van der Waals surface area contributed by atoms with E-state index in [1.165, 1.54) is 22.5 Å². The normalized spacial score (nSPS) is 10.8. The first-order chi connectivity index (χ1) is 8.90.